The van der Waals surface area contributed by atoms with Crippen LogP contribution in [0.5, 0.6) is 11.5 Å². The maximum Gasteiger partial charge on any atom is 0.321 e. The molecule has 0 saturated heterocycles. The molecule has 4 rings (SSSR count). The minimum Gasteiger partial charge on any atom is -0.497 e. The number of aliphatic carboxylic acids is 1. The molecule has 2 aliphatic rings. The Balaban J connectivity index is 1.58. The minimum absolute atomic E-state index is 0.409. The molecule has 0 radical (unpaired) electrons. The number of imidazole rings is 1. The number of benzene rings is 1. The largest absolute Gasteiger partial charge is 0.497 e. The molecular weight excluding hydrogens is 322 g/mol. The average Bonchev–Trinajstić information content (AvgIpc) is 3.07. The second-order valence-electron chi connectivity index (χ2n) is 6.29. The monoisotopic (exact) mass is 341 g/mol. The van der Waals surface area contributed by atoms with Crippen LogP contribution in [0, 0.1) is 0 Å². The van der Waals surface area contributed by atoms with Crippen molar-refractivity contribution in [2.24, 2.45) is 0 Å². The zero-order valence-electron chi connectivity index (χ0n) is 13.9. The molecule has 2 aliphatic heterocycles. The van der Waals surface area contributed by atoms with Gasteiger partial charge in [0, 0.05) is 25.1 Å². The molecule has 0 saturated carbocycles. The Labute approximate surface area is 144 Å². The van der Waals surface area contributed by atoms with E-state index in [1.54, 1.807) is 13.4 Å². The van der Waals surface area contributed by atoms with Gasteiger partial charge < -0.3 is 19.6 Å². The molecular formula is C18H19N3O4. The predicted molar refractivity (Wildman–Crippen MR) is 90.6 cm³/mol. The van der Waals surface area contributed by atoms with Gasteiger partial charge in [-0.15, -0.1) is 0 Å². The Hall–Kier alpha value is -2.80. The van der Waals surface area contributed by atoms with Crippen LogP contribution in [0.15, 0.2) is 30.1 Å². The van der Waals surface area contributed by atoms with Crippen LogP contribution in [0.2, 0.25) is 0 Å². The molecule has 130 valence electrons. The van der Waals surface area contributed by atoms with Gasteiger partial charge in [0.2, 0.25) is 0 Å². The first kappa shape index (κ1) is 15.7. The van der Waals surface area contributed by atoms with Crippen LogP contribution in [0.1, 0.15) is 17.0 Å². The molecule has 2 N–H and O–H groups in total. The molecule has 1 aromatic carbocycles. The topological polar surface area (TPSA) is 87.7 Å². The summed E-state index contributed by atoms with van der Waals surface area (Å²) in [7, 11) is 1.63. The molecule has 2 aromatic rings. The number of carboxylic acids is 1. The number of methoxy groups -OCH3 is 1. The number of hydrogen-bond donors (Lipinski definition) is 2. The lowest BCUT2D eigenvalue weighted by Gasteiger charge is -2.33. The Morgan fingerprint density at radius 1 is 1.52 bits per heavy atom. The van der Waals surface area contributed by atoms with Gasteiger partial charge in [0.15, 0.2) is 0 Å². The third-order valence-electron chi connectivity index (χ3n) is 4.68. The summed E-state index contributed by atoms with van der Waals surface area (Å²) in [5.74, 6) is 0.755. The third kappa shape index (κ3) is 2.98. The molecule has 0 amide bonds. The van der Waals surface area contributed by atoms with Crippen LogP contribution in [0.3, 0.4) is 0 Å². The lowest BCUT2D eigenvalue weighted by molar-refractivity contribution is -0.143. The maximum absolute atomic E-state index is 11.7. The van der Waals surface area contributed by atoms with Gasteiger partial charge in [-0.3, -0.25) is 9.69 Å². The standard InChI is InChI=1S/C18H19N3O4/c1-24-13-2-3-17-12(5-13)4-11(9-25-17)7-21-8-15-14(19-10-20-15)6-16(21)18(22)23/h2-5,10,16H,6-9H2,1H3,(H,19,20)(H,22,23)/t16-/m0/s1. The van der Waals surface area contributed by atoms with E-state index in [1.807, 2.05) is 23.1 Å². The van der Waals surface area contributed by atoms with Gasteiger partial charge >= 0.3 is 5.97 Å². The number of H-pyrrole nitrogens is 1. The Bertz CT molecular complexity index is 843. The SMILES string of the molecule is COc1ccc2c(c1)C=C(CN1Cc3[nH]cnc3C[C@H]1C(=O)O)CO2. The van der Waals surface area contributed by atoms with Crippen LogP contribution in [-0.4, -0.2) is 52.2 Å². The number of rotatable bonds is 4. The molecule has 0 bridgehead atoms. The minimum atomic E-state index is -0.826. The summed E-state index contributed by atoms with van der Waals surface area (Å²) in [5.41, 5.74) is 3.81. The van der Waals surface area contributed by atoms with E-state index in [-0.39, 0.29) is 0 Å². The van der Waals surface area contributed by atoms with Crippen molar-refractivity contribution in [1.82, 2.24) is 14.9 Å². The van der Waals surface area contributed by atoms with E-state index >= 15 is 0 Å². The van der Waals surface area contributed by atoms with E-state index in [4.69, 9.17) is 9.47 Å². The van der Waals surface area contributed by atoms with Crippen LogP contribution >= 0.6 is 0 Å². The fraction of sp³-hybridized carbons (Fsp3) is 0.333. The molecule has 3 heterocycles. The Morgan fingerprint density at radius 3 is 3.20 bits per heavy atom. The molecule has 0 fully saturated rings. The lowest BCUT2D eigenvalue weighted by Crippen LogP contribution is -2.46. The van der Waals surface area contributed by atoms with Crippen molar-refractivity contribution in [1.29, 1.82) is 0 Å². The number of nitrogens with one attached hydrogen (secondary N) is 1. The normalized spacial score (nSPS) is 19.4. The van der Waals surface area contributed by atoms with Crippen LogP contribution < -0.4 is 9.47 Å². The van der Waals surface area contributed by atoms with Crippen molar-refractivity contribution >= 4 is 12.0 Å². The van der Waals surface area contributed by atoms with Crippen molar-refractivity contribution in [3.8, 4) is 11.5 Å². The Kier molecular flexibility index (Phi) is 3.93. The first-order valence-electron chi connectivity index (χ1n) is 8.12. The zero-order valence-corrected chi connectivity index (χ0v) is 13.9. The van der Waals surface area contributed by atoms with Crippen molar-refractivity contribution in [3.63, 3.8) is 0 Å². The fourth-order valence-corrected chi connectivity index (χ4v) is 3.38. The van der Waals surface area contributed by atoms with Gasteiger partial charge in [0.05, 0.1) is 24.8 Å². The molecule has 7 nitrogen and oxygen atoms in total. The molecule has 0 unspecified atom stereocenters. The predicted octanol–water partition coefficient (Wildman–Crippen LogP) is 1.71. The van der Waals surface area contributed by atoms with Crippen molar-refractivity contribution in [3.05, 3.63) is 47.1 Å². The van der Waals surface area contributed by atoms with E-state index in [0.29, 0.717) is 26.1 Å². The summed E-state index contributed by atoms with van der Waals surface area (Å²) in [6, 6.07) is 5.09. The number of fused-ring (bicyclic) bond motifs is 2. The number of ether oxygens (including phenoxy) is 2. The van der Waals surface area contributed by atoms with Gasteiger partial charge in [-0.05, 0) is 29.8 Å². The van der Waals surface area contributed by atoms with E-state index in [2.05, 4.69) is 16.0 Å². The molecule has 1 atom stereocenters. The smallest absolute Gasteiger partial charge is 0.321 e. The quantitative estimate of drug-likeness (QED) is 0.880. The zero-order chi connectivity index (χ0) is 17.4. The average molecular weight is 341 g/mol. The van der Waals surface area contributed by atoms with Gasteiger partial charge in [-0.2, -0.15) is 0 Å². The summed E-state index contributed by atoms with van der Waals surface area (Å²) in [5, 5.41) is 9.58. The Morgan fingerprint density at radius 2 is 2.40 bits per heavy atom. The molecule has 7 heteroatoms. The van der Waals surface area contributed by atoms with Crippen molar-refractivity contribution in [2.75, 3.05) is 20.3 Å². The molecule has 25 heavy (non-hydrogen) atoms. The van der Waals surface area contributed by atoms with E-state index in [9.17, 15) is 9.90 Å². The number of carboxylic acid groups (broad SMARTS) is 1. The summed E-state index contributed by atoms with van der Waals surface area (Å²) in [6.07, 6.45) is 4.09. The van der Waals surface area contributed by atoms with E-state index in [1.165, 1.54) is 0 Å². The van der Waals surface area contributed by atoms with Crippen molar-refractivity contribution < 1.29 is 19.4 Å². The lowest BCUT2D eigenvalue weighted by atomic mass is 10.0. The fourth-order valence-electron chi connectivity index (χ4n) is 3.38. The molecule has 0 spiro atoms. The van der Waals surface area contributed by atoms with Crippen LogP contribution in [0.25, 0.3) is 6.08 Å². The highest BCUT2D eigenvalue weighted by molar-refractivity contribution is 5.74. The number of nitrogens with zero attached hydrogens (tertiary/aromatic N) is 2. The third-order valence-corrected chi connectivity index (χ3v) is 4.68. The maximum atomic E-state index is 11.7. The first-order valence-corrected chi connectivity index (χ1v) is 8.12. The van der Waals surface area contributed by atoms with E-state index < -0.39 is 12.0 Å². The number of hydrogen-bond acceptors (Lipinski definition) is 5. The summed E-state index contributed by atoms with van der Waals surface area (Å²) >= 11 is 0. The molecule has 1 aromatic heterocycles. The highest BCUT2D eigenvalue weighted by Gasteiger charge is 2.33. The van der Waals surface area contributed by atoms with Gasteiger partial charge in [-0.1, -0.05) is 0 Å². The highest BCUT2D eigenvalue weighted by Crippen LogP contribution is 2.31. The second kappa shape index (κ2) is 6.25. The van der Waals surface area contributed by atoms with Gasteiger partial charge in [0.25, 0.3) is 0 Å². The summed E-state index contributed by atoms with van der Waals surface area (Å²) in [4.78, 5) is 20.9. The van der Waals surface area contributed by atoms with Crippen LogP contribution in [0.4, 0.5) is 0 Å². The number of carbonyl (C=O) groups is 1. The van der Waals surface area contributed by atoms with Gasteiger partial charge in [0.1, 0.15) is 24.1 Å². The number of aromatic amines is 1. The first-order chi connectivity index (χ1) is 12.1. The summed E-state index contributed by atoms with van der Waals surface area (Å²) < 4.78 is 11.1. The second-order valence-corrected chi connectivity index (χ2v) is 6.29. The summed E-state index contributed by atoms with van der Waals surface area (Å²) in [6.45, 7) is 1.53. The molecule has 0 aliphatic carbocycles. The van der Waals surface area contributed by atoms with Gasteiger partial charge in [-0.25, -0.2) is 4.98 Å². The van der Waals surface area contributed by atoms with Crippen molar-refractivity contribution in [2.45, 2.75) is 19.0 Å². The highest BCUT2D eigenvalue weighted by atomic mass is 16.5. The van der Waals surface area contributed by atoms with Crippen LogP contribution in [-0.2, 0) is 17.8 Å². The number of aromatic nitrogens is 2. The van der Waals surface area contributed by atoms with E-state index in [0.717, 1.165) is 34.0 Å².